The molecule has 0 heterocycles. The maximum Gasteiger partial charge on any atom is 2.00 e. The second kappa shape index (κ2) is 38.9. The zero-order chi connectivity index (χ0) is 10.2. The van der Waals surface area contributed by atoms with Crippen LogP contribution in [0.3, 0.4) is 0 Å². The summed E-state index contributed by atoms with van der Waals surface area (Å²) in [4.78, 5) is 0. The number of rotatable bonds is 3. The van der Waals surface area contributed by atoms with Gasteiger partial charge in [-0.15, -0.1) is 0 Å². The molecule has 0 atom stereocenters. The SMILES string of the molecule is CCCCCC.C[CH-]C.C[CH-]C.[Zn+2]. The maximum absolute atomic E-state index is 2.23. The normalized spacial score (nSPS) is 6.92. The van der Waals surface area contributed by atoms with E-state index in [1.165, 1.54) is 25.7 Å². The molecular formula is C12H28Zn. The summed E-state index contributed by atoms with van der Waals surface area (Å²) in [5, 5.41) is 0. The van der Waals surface area contributed by atoms with Gasteiger partial charge in [-0.2, -0.15) is 27.7 Å². The van der Waals surface area contributed by atoms with Gasteiger partial charge in [-0.3, -0.25) is 0 Å². The van der Waals surface area contributed by atoms with Crippen LogP contribution in [-0.4, -0.2) is 0 Å². The van der Waals surface area contributed by atoms with Crippen molar-refractivity contribution in [2.45, 2.75) is 67.2 Å². The molecule has 13 heavy (non-hydrogen) atoms. The van der Waals surface area contributed by atoms with Gasteiger partial charge in [0.2, 0.25) is 0 Å². The van der Waals surface area contributed by atoms with Gasteiger partial charge in [-0.1, -0.05) is 39.5 Å². The Labute approximate surface area is 99.6 Å². The quantitative estimate of drug-likeness (QED) is 0.366. The molecule has 0 saturated heterocycles. The van der Waals surface area contributed by atoms with Gasteiger partial charge in [0, 0.05) is 0 Å². The van der Waals surface area contributed by atoms with Crippen LogP contribution in [0.4, 0.5) is 0 Å². The third-order valence-electron chi connectivity index (χ3n) is 0.957. The van der Waals surface area contributed by atoms with Gasteiger partial charge in [-0.25, -0.2) is 0 Å². The van der Waals surface area contributed by atoms with E-state index in [0.29, 0.717) is 0 Å². The summed E-state index contributed by atoms with van der Waals surface area (Å²) in [5.74, 6) is 0. The van der Waals surface area contributed by atoms with Gasteiger partial charge in [0.15, 0.2) is 0 Å². The number of hydrogen-bond donors (Lipinski definition) is 0. The Balaban J connectivity index is -0.0000000501. The second-order valence-electron chi connectivity index (χ2n) is 2.86. The molecule has 0 spiro atoms. The monoisotopic (exact) mass is 236 g/mol. The van der Waals surface area contributed by atoms with Gasteiger partial charge in [0.05, 0.1) is 0 Å². The molecule has 0 N–H and O–H groups in total. The average molecular weight is 238 g/mol. The fourth-order valence-electron chi connectivity index (χ4n) is 0.500. The van der Waals surface area contributed by atoms with Crippen molar-refractivity contribution in [1.82, 2.24) is 0 Å². The minimum Gasteiger partial charge on any atom is -0.335 e. The van der Waals surface area contributed by atoms with Crippen LogP contribution in [0.15, 0.2) is 0 Å². The van der Waals surface area contributed by atoms with E-state index in [9.17, 15) is 0 Å². The largest absolute Gasteiger partial charge is 2.00 e. The van der Waals surface area contributed by atoms with Crippen molar-refractivity contribution in [1.29, 1.82) is 0 Å². The Hall–Kier alpha value is 0.623. The molecule has 0 saturated carbocycles. The van der Waals surface area contributed by atoms with E-state index in [4.69, 9.17) is 0 Å². The first-order valence-electron chi connectivity index (χ1n) is 5.22. The van der Waals surface area contributed by atoms with E-state index in [2.05, 4.69) is 13.8 Å². The fraction of sp³-hybridized carbons (Fsp3) is 0.833. The summed E-state index contributed by atoms with van der Waals surface area (Å²) in [6, 6.07) is 0. The molecular weight excluding hydrogens is 210 g/mol. The van der Waals surface area contributed by atoms with Gasteiger partial charge in [0.1, 0.15) is 0 Å². The maximum atomic E-state index is 2.23. The summed E-state index contributed by atoms with van der Waals surface area (Å²) in [6.45, 7) is 12.5. The van der Waals surface area contributed by atoms with Crippen LogP contribution >= 0.6 is 0 Å². The first kappa shape index (κ1) is 23.4. The van der Waals surface area contributed by atoms with Gasteiger partial charge in [-0.05, 0) is 0 Å². The van der Waals surface area contributed by atoms with Crippen molar-refractivity contribution in [3.8, 4) is 0 Å². The Morgan fingerprint density at radius 3 is 0.923 bits per heavy atom. The summed E-state index contributed by atoms with van der Waals surface area (Å²) >= 11 is 0. The summed E-state index contributed by atoms with van der Waals surface area (Å²) in [5.41, 5.74) is 0. The first-order chi connectivity index (χ1) is 5.74. The average Bonchev–Trinajstić information content (AvgIpc) is 2.04. The molecule has 0 amide bonds. The van der Waals surface area contributed by atoms with E-state index in [1.54, 1.807) is 0 Å². The minimum absolute atomic E-state index is 0. The molecule has 0 aromatic heterocycles. The van der Waals surface area contributed by atoms with Gasteiger partial charge >= 0.3 is 19.5 Å². The van der Waals surface area contributed by atoms with E-state index in [1.807, 2.05) is 40.5 Å². The molecule has 0 fully saturated rings. The van der Waals surface area contributed by atoms with Crippen molar-refractivity contribution in [2.24, 2.45) is 0 Å². The molecule has 78 valence electrons. The van der Waals surface area contributed by atoms with Crippen molar-refractivity contribution in [3.05, 3.63) is 12.8 Å². The van der Waals surface area contributed by atoms with Crippen molar-refractivity contribution < 1.29 is 19.5 Å². The standard InChI is InChI=1S/C6H14.2C3H7.Zn/c1-3-5-6-4-2;2*1-3-2;/h3-6H2,1-2H3;2*3H,1-2H3;/q;2*-1;+2. The second-order valence-corrected chi connectivity index (χ2v) is 2.86. The zero-order valence-corrected chi connectivity index (χ0v) is 13.7. The van der Waals surface area contributed by atoms with Gasteiger partial charge < -0.3 is 12.8 Å². The van der Waals surface area contributed by atoms with E-state index in [-0.39, 0.29) is 19.5 Å². The molecule has 0 aromatic rings. The summed E-state index contributed by atoms with van der Waals surface area (Å²) in [7, 11) is 0. The molecule has 0 aromatic carbocycles. The van der Waals surface area contributed by atoms with Crippen LogP contribution in [0, 0.1) is 12.8 Å². The Morgan fingerprint density at radius 1 is 0.692 bits per heavy atom. The first-order valence-corrected chi connectivity index (χ1v) is 5.22. The molecule has 1 heteroatoms. The van der Waals surface area contributed by atoms with Crippen LogP contribution in [0.2, 0.25) is 0 Å². The summed E-state index contributed by atoms with van der Waals surface area (Å²) < 4.78 is 0. The topological polar surface area (TPSA) is 0 Å². The Morgan fingerprint density at radius 2 is 0.846 bits per heavy atom. The van der Waals surface area contributed by atoms with E-state index in [0.717, 1.165) is 0 Å². The zero-order valence-electron chi connectivity index (χ0n) is 10.7. The number of unbranched alkanes of at least 4 members (excludes halogenated alkanes) is 3. The summed E-state index contributed by atoms with van der Waals surface area (Å²) in [6.07, 6.45) is 9.54. The van der Waals surface area contributed by atoms with Crippen molar-refractivity contribution >= 4 is 0 Å². The van der Waals surface area contributed by atoms with Crippen LogP contribution in [-0.2, 0) is 19.5 Å². The predicted octanol–water partition coefficient (Wildman–Crippen LogP) is 5.05. The molecule has 0 bridgehead atoms. The van der Waals surface area contributed by atoms with Crippen molar-refractivity contribution in [3.63, 3.8) is 0 Å². The van der Waals surface area contributed by atoms with Gasteiger partial charge in [0.25, 0.3) is 0 Å². The third kappa shape index (κ3) is 109. The minimum atomic E-state index is 0. The smallest absolute Gasteiger partial charge is 0.335 e. The number of hydrogen-bond acceptors (Lipinski definition) is 0. The van der Waals surface area contributed by atoms with E-state index >= 15 is 0 Å². The predicted molar refractivity (Wildman–Crippen MR) is 61.1 cm³/mol. The molecule has 0 aliphatic rings. The Kier molecular flexibility index (Phi) is 70.1. The van der Waals surface area contributed by atoms with Crippen LogP contribution in [0.1, 0.15) is 67.2 Å². The molecule has 0 aliphatic heterocycles. The third-order valence-corrected chi connectivity index (χ3v) is 0.957. The molecule has 0 radical (unpaired) electrons. The van der Waals surface area contributed by atoms with E-state index < -0.39 is 0 Å². The Bertz CT molecular complexity index is 30.1. The molecule has 0 nitrogen and oxygen atoms in total. The molecule has 0 unspecified atom stereocenters. The van der Waals surface area contributed by atoms with Crippen molar-refractivity contribution in [2.75, 3.05) is 0 Å². The van der Waals surface area contributed by atoms with Crippen LogP contribution in [0.25, 0.3) is 0 Å². The molecule has 0 aliphatic carbocycles. The van der Waals surface area contributed by atoms with Crippen LogP contribution in [0.5, 0.6) is 0 Å². The fourth-order valence-corrected chi connectivity index (χ4v) is 0.500. The molecule has 0 rings (SSSR count). The van der Waals surface area contributed by atoms with Crippen LogP contribution < -0.4 is 0 Å².